The molecule has 3 aliphatic heterocycles. The summed E-state index contributed by atoms with van der Waals surface area (Å²) in [5, 5.41) is 21.2. The fraction of sp³-hybridized carbons (Fsp3) is 0.310. The summed E-state index contributed by atoms with van der Waals surface area (Å²) in [6.07, 6.45) is 1.29. The van der Waals surface area contributed by atoms with Crippen molar-refractivity contribution in [2.75, 3.05) is 36.0 Å². The standard InChI is InChI=1S/C29H27N5O3/c30-17-21-6-3-4-8-26(21)31-13-14-33-27-10-9-24(34(36)37)15-23(27)16-25(28(33)19-31)29(35)32-12-11-20-5-1-2-7-22(20)18-32/h1-10,15,25,28H,11-14,16,18-19H2/t25-,28-/m1/s1. The molecule has 8 nitrogen and oxygen atoms in total. The number of benzene rings is 3. The maximum absolute atomic E-state index is 14.1. The first-order chi connectivity index (χ1) is 18.0. The van der Waals surface area contributed by atoms with Crippen LogP contribution < -0.4 is 9.80 Å². The van der Waals surface area contributed by atoms with E-state index in [0.29, 0.717) is 44.7 Å². The molecule has 0 spiro atoms. The van der Waals surface area contributed by atoms with Crippen molar-refractivity contribution in [2.45, 2.75) is 25.4 Å². The van der Waals surface area contributed by atoms with Crippen LogP contribution in [0.4, 0.5) is 17.1 Å². The van der Waals surface area contributed by atoms with Gasteiger partial charge in [-0.05, 0) is 47.7 Å². The number of non-ortho nitro benzene ring substituents is 1. The summed E-state index contributed by atoms with van der Waals surface area (Å²) in [5.74, 6) is -0.242. The normalized spacial score (nSPS) is 20.4. The number of anilines is 2. The molecule has 1 amide bonds. The first kappa shape index (κ1) is 23.0. The van der Waals surface area contributed by atoms with E-state index in [1.807, 2.05) is 47.4 Å². The molecular formula is C29H27N5O3. The van der Waals surface area contributed by atoms with Crippen LogP contribution in [0.5, 0.6) is 0 Å². The van der Waals surface area contributed by atoms with Crippen LogP contribution in [0.1, 0.15) is 22.3 Å². The third kappa shape index (κ3) is 4.06. The molecule has 0 aromatic heterocycles. The molecule has 37 heavy (non-hydrogen) atoms. The predicted molar refractivity (Wildman–Crippen MR) is 140 cm³/mol. The van der Waals surface area contributed by atoms with E-state index in [4.69, 9.17) is 0 Å². The van der Waals surface area contributed by atoms with Crippen LogP contribution in [0.15, 0.2) is 66.7 Å². The molecule has 0 aliphatic carbocycles. The van der Waals surface area contributed by atoms with Crippen LogP contribution in [-0.2, 0) is 24.2 Å². The lowest BCUT2D eigenvalue weighted by Crippen LogP contribution is -2.61. The van der Waals surface area contributed by atoms with Gasteiger partial charge >= 0.3 is 0 Å². The van der Waals surface area contributed by atoms with Crippen LogP contribution in [0.25, 0.3) is 0 Å². The lowest BCUT2D eigenvalue weighted by molar-refractivity contribution is -0.384. The van der Waals surface area contributed by atoms with E-state index in [1.54, 1.807) is 12.1 Å². The van der Waals surface area contributed by atoms with Gasteiger partial charge in [0.1, 0.15) is 6.07 Å². The molecule has 1 fully saturated rings. The Labute approximate surface area is 215 Å². The van der Waals surface area contributed by atoms with Gasteiger partial charge in [-0.1, -0.05) is 36.4 Å². The Hall–Kier alpha value is -4.38. The minimum atomic E-state index is -0.373. The number of nitro groups is 1. The zero-order chi connectivity index (χ0) is 25.5. The van der Waals surface area contributed by atoms with Crippen LogP contribution >= 0.6 is 0 Å². The van der Waals surface area contributed by atoms with Crippen molar-refractivity contribution in [1.82, 2.24) is 4.90 Å². The Kier molecular flexibility index (Phi) is 5.76. The molecule has 3 heterocycles. The summed E-state index contributed by atoms with van der Waals surface area (Å²) in [6, 6.07) is 23.1. The van der Waals surface area contributed by atoms with Crippen LogP contribution in [-0.4, -0.2) is 48.0 Å². The number of rotatable bonds is 3. The maximum atomic E-state index is 14.1. The van der Waals surface area contributed by atoms with E-state index >= 15 is 0 Å². The highest BCUT2D eigenvalue weighted by atomic mass is 16.6. The summed E-state index contributed by atoms with van der Waals surface area (Å²) in [4.78, 5) is 31.6. The van der Waals surface area contributed by atoms with Gasteiger partial charge in [0.15, 0.2) is 0 Å². The number of carbonyl (C=O) groups excluding carboxylic acids is 1. The Balaban J connectivity index is 1.35. The second-order valence-corrected chi connectivity index (χ2v) is 9.99. The second kappa shape index (κ2) is 9.25. The zero-order valence-corrected chi connectivity index (χ0v) is 20.4. The summed E-state index contributed by atoms with van der Waals surface area (Å²) < 4.78 is 0. The quantitative estimate of drug-likeness (QED) is 0.406. The highest BCUT2D eigenvalue weighted by Gasteiger charge is 2.44. The first-order valence-corrected chi connectivity index (χ1v) is 12.7. The number of amides is 1. The van der Waals surface area contributed by atoms with Crippen LogP contribution in [0.2, 0.25) is 0 Å². The summed E-state index contributed by atoms with van der Waals surface area (Å²) >= 11 is 0. The molecule has 0 radical (unpaired) electrons. The average molecular weight is 494 g/mol. The SMILES string of the molecule is N#Cc1ccccc1N1CCN2c3ccc([N+](=O)[O-])cc3C[C@@H](C(=O)N3CCc4ccccc4C3)[C@H]2C1. The van der Waals surface area contributed by atoms with Gasteiger partial charge in [-0.2, -0.15) is 5.26 Å². The molecule has 3 aliphatic rings. The number of hydrogen-bond acceptors (Lipinski definition) is 6. The lowest BCUT2D eigenvalue weighted by atomic mass is 9.82. The van der Waals surface area contributed by atoms with Crippen molar-refractivity contribution in [1.29, 1.82) is 5.26 Å². The molecule has 0 bridgehead atoms. The van der Waals surface area contributed by atoms with Gasteiger partial charge in [0.05, 0.1) is 28.1 Å². The molecule has 8 heteroatoms. The highest BCUT2D eigenvalue weighted by molar-refractivity contribution is 5.83. The van der Waals surface area contributed by atoms with Crippen molar-refractivity contribution in [3.05, 3.63) is 99.1 Å². The van der Waals surface area contributed by atoms with E-state index in [0.717, 1.165) is 23.4 Å². The average Bonchev–Trinajstić information content (AvgIpc) is 2.95. The molecule has 3 aromatic rings. The minimum Gasteiger partial charge on any atom is -0.367 e. The van der Waals surface area contributed by atoms with Crippen LogP contribution in [0.3, 0.4) is 0 Å². The third-order valence-corrected chi connectivity index (χ3v) is 8.03. The lowest BCUT2D eigenvalue weighted by Gasteiger charge is -2.50. The van der Waals surface area contributed by atoms with Crippen molar-refractivity contribution >= 4 is 23.0 Å². The summed E-state index contributed by atoms with van der Waals surface area (Å²) in [5.41, 5.74) is 5.85. The van der Waals surface area contributed by atoms with Gasteiger partial charge in [-0.25, -0.2) is 0 Å². The molecule has 3 aromatic carbocycles. The van der Waals surface area contributed by atoms with Gasteiger partial charge < -0.3 is 14.7 Å². The minimum absolute atomic E-state index is 0.0527. The number of hydrogen-bond donors (Lipinski definition) is 0. The molecule has 6 rings (SSSR count). The van der Waals surface area contributed by atoms with Crippen LogP contribution in [0, 0.1) is 27.4 Å². The monoisotopic (exact) mass is 493 g/mol. The number of para-hydroxylation sites is 1. The highest BCUT2D eigenvalue weighted by Crippen LogP contribution is 2.40. The summed E-state index contributed by atoms with van der Waals surface area (Å²) in [6.45, 7) is 3.23. The number of piperazine rings is 1. The number of nitrogens with zero attached hydrogens (tertiary/aromatic N) is 5. The van der Waals surface area contributed by atoms with Crippen molar-refractivity contribution in [3.63, 3.8) is 0 Å². The molecule has 186 valence electrons. The van der Waals surface area contributed by atoms with Gasteiger partial charge in [0.2, 0.25) is 5.91 Å². The zero-order valence-electron chi connectivity index (χ0n) is 20.4. The molecule has 1 saturated heterocycles. The van der Waals surface area contributed by atoms with E-state index in [9.17, 15) is 20.2 Å². The van der Waals surface area contributed by atoms with Crippen molar-refractivity contribution in [2.24, 2.45) is 5.92 Å². The largest absolute Gasteiger partial charge is 0.367 e. The van der Waals surface area contributed by atoms with E-state index in [2.05, 4.69) is 28.0 Å². The molecule has 0 saturated carbocycles. The fourth-order valence-electron chi connectivity index (χ4n) is 6.19. The maximum Gasteiger partial charge on any atom is 0.269 e. The number of carbonyl (C=O) groups is 1. The number of fused-ring (bicyclic) bond motifs is 4. The van der Waals surface area contributed by atoms with Gasteiger partial charge in [0.25, 0.3) is 5.69 Å². The van der Waals surface area contributed by atoms with E-state index in [-0.39, 0.29) is 28.5 Å². The topological polar surface area (TPSA) is 93.7 Å². The summed E-state index contributed by atoms with van der Waals surface area (Å²) in [7, 11) is 0. The molecule has 0 unspecified atom stereocenters. The first-order valence-electron chi connectivity index (χ1n) is 12.7. The van der Waals surface area contributed by atoms with Gasteiger partial charge in [-0.3, -0.25) is 14.9 Å². The number of nitro benzene ring substituents is 1. The van der Waals surface area contributed by atoms with Gasteiger partial charge in [0, 0.05) is 50.5 Å². The Bertz CT molecular complexity index is 1430. The van der Waals surface area contributed by atoms with E-state index in [1.165, 1.54) is 11.1 Å². The Morgan fingerprint density at radius 2 is 1.73 bits per heavy atom. The Morgan fingerprint density at radius 3 is 2.54 bits per heavy atom. The van der Waals surface area contributed by atoms with E-state index < -0.39 is 0 Å². The molecule has 0 N–H and O–H groups in total. The third-order valence-electron chi connectivity index (χ3n) is 8.03. The smallest absolute Gasteiger partial charge is 0.269 e. The molecular weight excluding hydrogens is 466 g/mol. The van der Waals surface area contributed by atoms with Gasteiger partial charge in [-0.15, -0.1) is 0 Å². The van der Waals surface area contributed by atoms with Crippen molar-refractivity contribution in [3.8, 4) is 6.07 Å². The Morgan fingerprint density at radius 1 is 0.946 bits per heavy atom. The molecule has 2 atom stereocenters. The second-order valence-electron chi connectivity index (χ2n) is 9.99. The fourth-order valence-corrected chi connectivity index (χ4v) is 6.19. The van der Waals surface area contributed by atoms with Crippen molar-refractivity contribution < 1.29 is 9.72 Å². The number of nitriles is 1. The predicted octanol–water partition coefficient (Wildman–Crippen LogP) is 3.92.